The number of hydrogen-bond acceptors (Lipinski definition) is 17. The van der Waals surface area contributed by atoms with E-state index in [0.717, 1.165) is 28.3 Å². The summed E-state index contributed by atoms with van der Waals surface area (Å²) < 4.78 is 45.2. The van der Waals surface area contributed by atoms with E-state index in [1.807, 2.05) is 4.72 Å². The van der Waals surface area contributed by atoms with E-state index >= 15 is 0 Å². The molecule has 1 aromatic heterocycles. The number of carboxylic acid groups (broad SMARTS) is 1. The van der Waals surface area contributed by atoms with Crippen LogP contribution in [0, 0.1) is 17.3 Å². The van der Waals surface area contributed by atoms with Crippen LogP contribution < -0.4 is 46.4 Å². The number of aliphatic hydroxyl groups is 2. The van der Waals surface area contributed by atoms with Crippen LogP contribution in [0.1, 0.15) is 74.5 Å². The number of carboxylic acids is 1. The molecule has 12 N–H and O–H groups in total. The van der Waals surface area contributed by atoms with Gasteiger partial charge < -0.3 is 56.3 Å². The van der Waals surface area contributed by atoms with Crippen LogP contribution in [0.3, 0.4) is 0 Å². The first kappa shape index (κ1) is 57.1. The Bertz CT molecular complexity index is 2820. The molecular formula is C49H64N8O15S. The van der Waals surface area contributed by atoms with Crippen LogP contribution in [-0.4, -0.2) is 138 Å². The average molecular weight is 1040 g/mol. The molecule has 4 bridgehead atoms. The van der Waals surface area contributed by atoms with Gasteiger partial charge in [-0.05, 0) is 71.5 Å². The van der Waals surface area contributed by atoms with Gasteiger partial charge in [0, 0.05) is 74.6 Å². The Balaban J connectivity index is 1.60. The summed E-state index contributed by atoms with van der Waals surface area (Å²) in [6.07, 6.45) is -2.16. The van der Waals surface area contributed by atoms with E-state index < -0.39 is 113 Å². The molecule has 3 aromatic carbocycles. The molecule has 6 atom stereocenters. The summed E-state index contributed by atoms with van der Waals surface area (Å²) in [7, 11) is -3.34. The predicted molar refractivity (Wildman–Crippen MR) is 265 cm³/mol. The van der Waals surface area contributed by atoms with E-state index in [9.17, 15) is 57.6 Å². The number of Topliss-reactive ketones (excluding diaryl/α,β-unsaturated/α-hetero) is 2. The van der Waals surface area contributed by atoms with E-state index in [-0.39, 0.29) is 65.3 Å². The number of amides is 2. The lowest BCUT2D eigenvalue weighted by atomic mass is 9.88. The van der Waals surface area contributed by atoms with Gasteiger partial charge >= 0.3 is 5.97 Å². The normalized spacial score (nSPS) is 17.6. The van der Waals surface area contributed by atoms with Gasteiger partial charge in [-0.2, -0.15) is 18.2 Å². The van der Waals surface area contributed by atoms with Crippen molar-refractivity contribution in [3.63, 3.8) is 0 Å². The fraction of sp³-hybridized carbons (Fsp3) is 0.449. The van der Waals surface area contributed by atoms with Gasteiger partial charge in [-0.1, -0.05) is 33.8 Å². The maximum Gasteiger partial charge on any atom is 0.326 e. The number of nitrogens with one attached hydrogen (secondary N) is 2. The van der Waals surface area contributed by atoms with Gasteiger partial charge in [0.15, 0.2) is 23.1 Å². The number of nitrogens with two attached hydrogens (primary N) is 3. The van der Waals surface area contributed by atoms with E-state index in [0.29, 0.717) is 23.6 Å². The molecule has 0 spiro atoms. The van der Waals surface area contributed by atoms with E-state index in [2.05, 4.69) is 31.2 Å². The van der Waals surface area contributed by atoms with E-state index in [4.69, 9.17) is 30.8 Å². The minimum atomic E-state index is -4.51. The number of ether oxygens (including phenoxy) is 3. The number of aliphatic carboxylic acids is 1. The molecule has 0 radical (unpaired) electrons. The third-order valence-electron chi connectivity index (χ3n) is 11.8. The molecule has 23 nitrogen and oxygen atoms in total. The average Bonchev–Trinajstić information content (AvgIpc) is 3.33. The zero-order chi connectivity index (χ0) is 53.9. The Morgan fingerprint density at radius 3 is 2.15 bits per heavy atom. The van der Waals surface area contributed by atoms with Crippen molar-refractivity contribution in [1.29, 1.82) is 0 Å². The summed E-state index contributed by atoms with van der Waals surface area (Å²) in [4.78, 5) is 84.1. The number of carbonyl (C=O) groups excluding carboxylic acids is 4. The number of phenolic OH excluding ortho intramolecular Hbond substituents is 1. The topological polar surface area (TPSA) is 368 Å². The van der Waals surface area contributed by atoms with Crippen LogP contribution in [0.25, 0.3) is 16.8 Å². The first-order valence-corrected chi connectivity index (χ1v) is 24.8. The Morgan fingerprint density at radius 1 is 0.918 bits per heavy atom. The number of benzene rings is 3. The molecule has 73 heavy (non-hydrogen) atoms. The smallest absolute Gasteiger partial charge is 0.326 e. The zero-order valence-corrected chi connectivity index (χ0v) is 42.0. The number of ketones is 2. The number of likely N-dealkylation sites (N-methyl/N-ethyl adjacent to an activating group) is 1. The van der Waals surface area contributed by atoms with Crippen LogP contribution in [0.2, 0.25) is 0 Å². The Labute approximate surface area is 421 Å². The van der Waals surface area contributed by atoms with Crippen molar-refractivity contribution < 1.29 is 67.0 Å². The highest BCUT2D eigenvalue weighted by molar-refractivity contribution is 7.87. The molecule has 0 saturated carbocycles. The highest BCUT2D eigenvalue weighted by atomic mass is 32.2. The van der Waals surface area contributed by atoms with Gasteiger partial charge in [-0.25, -0.2) is 14.7 Å². The molecule has 396 valence electrons. The van der Waals surface area contributed by atoms with Gasteiger partial charge in [0.1, 0.15) is 49.0 Å². The maximum atomic E-state index is 14.9. The Kier molecular flexibility index (Phi) is 19.4. The summed E-state index contributed by atoms with van der Waals surface area (Å²) in [5, 5.41) is 54.6. The molecule has 5 rings (SSSR count). The lowest BCUT2D eigenvalue weighted by molar-refractivity contribution is -0.143. The monoisotopic (exact) mass is 1040 g/mol. The predicted octanol–water partition coefficient (Wildman–Crippen LogP) is 0.720. The maximum absolute atomic E-state index is 14.9. The standard InChI is InChI=1S/C49H64N8O15S/c1-27-14-40(61)44(29-17-37(45(63)42(19-29)72-26-34(59)22-51)36-15-28(16-38(48(66)67)55-46(27)64)6-11-41(36)71-25-33(58)21-50)56(5)47(65)31(24-54-73(52,68)69)18-39(60)30-20-43(62)57(53-23-30)32-7-9-35(10-8-32)70-13-12-49(2,3)4/h6-11,15,17,19-20,23,27,31,33-34,38,44,54,58-59,63H,12-14,16,18,21-22,24-26,50-51H2,1-5H3,(H,55,64)(H,66,67)(H2,52,68,69)/t27-,31+,33-,34-,38+,44+/m1/s1. The quantitative estimate of drug-likeness (QED) is 0.0519. The zero-order valence-electron chi connectivity index (χ0n) is 41.1. The lowest BCUT2D eigenvalue weighted by Gasteiger charge is -2.32. The van der Waals surface area contributed by atoms with Gasteiger partial charge in [-0.3, -0.25) is 24.0 Å². The SMILES string of the molecule is C[C@@H]1CC(=O)[C@@H](N(C)C(=O)[C@H](CNS(N)(=O)=O)CC(=O)c2cnn(-c3ccc(OCCC(C)(C)C)cc3)c(=O)c2)c2cc(OC[C@H](O)CN)c(O)c(c2)-c2cc(ccc2OC[C@H](O)CN)C[C@@H](C(=O)O)NC1=O. The number of hydrogen-bond donors (Lipinski definition) is 9. The van der Waals surface area contributed by atoms with Crippen molar-refractivity contribution in [3.05, 3.63) is 93.9 Å². The van der Waals surface area contributed by atoms with E-state index in [1.165, 1.54) is 44.3 Å². The van der Waals surface area contributed by atoms with Crippen molar-refractivity contribution in [3.8, 4) is 39.8 Å². The molecule has 24 heteroatoms. The number of carbonyl (C=O) groups is 5. The number of aliphatic hydroxyl groups excluding tert-OH is 2. The second-order valence-electron chi connectivity index (χ2n) is 19.0. The number of aromatic nitrogens is 2. The minimum Gasteiger partial charge on any atom is -0.504 e. The molecule has 2 amide bonds. The summed E-state index contributed by atoms with van der Waals surface area (Å²) in [6, 6.07) is 11.1. The number of fused-ring (bicyclic) bond motifs is 5. The Morgan fingerprint density at radius 2 is 1.56 bits per heavy atom. The first-order chi connectivity index (χ1) is 34.3. The van der Waals surface area contributed by atoms with Gasteiger partial charge in [0.2, 0.25) is 11.8 Å². The van der Waals surface area contributed by atoms with Crippen molar-refractivity contribution in [1.82, 2.24) is 24.7 Å². The highest BCUT2D eigenvalue weighted by Crippen LogP contribution is 2.45. The molecule has 1 aliphatic rings. The third-order valence-corrected chi connectivity index (χ3v) is 12.4. The number of nitrogens with zero attached hydrogens (tertiary/aromatic N) is 3. The second-order valence-corrected chi connectivity index (χ2v) is 20.4. The minimum absolute atomic E-state index is 0.0185. The molecule has 2 heterocycles. The fourth-order valence-electron chi connectivity index (χ4n) is 7.67. The van der Waals surface area contributed by atoms with Crippen molar-refractivity contribution in [2.75, 3.05) is 46.5 Å². The summed E-state index contributed by atoms with van der Waals surface area (Å²) in [6.45, 7) is 6.04. The number of rotatable bonds is 21. The molecule has 0 unspecified atom stereocenters. The van der Waals surface area contributed by atoms with Gasteiger partial charge in [0.05, 0.1) is 24.4 Å². The highest BCUT2D eigenvalue weighted by Gasteiger charge is 2.37. The largest absolute Gasteiger partial charge is 0.504 e. The Hall–Kier alpha value is -6.80. The third kappa shape index (κ3) is 15.8. The summed E-state index contributed by atoms with van der Waals surface area (Å²) in [5.41, 5.74) is 10.9. The molecule has 4 aromatic rings. The van der Waals surface area contributed by atoms with Crippen molar-refractivity contribution in [2.24, 2.45) is 33.9 Å². The number of aromatic hydroxyl groups is 1. The van der Waals surface area contributed by atoms with Crippen LogP contribution in [-0.2, 0) is 35.8 Å². The van der Waals surface area contributed by atoms with Gasteiger partial charge in [0.25, 0.3) is 15.8 Å². The molecule has 1 aliphatic heterocycles. The molecule has 0 saturated heterocycles. The molecule has 0 fully saturated rings. The first-order valence-electron chi connectivity index (χ1n) is 23.3. The molecule has 0 aliphatic carbocycles. The van der Waals surface area contributed by atoms with Gasteiger partial charge in [-0.15, -0.1) is 0 Å². The fourth-order valence-corrected chi connectivity index (χ4v) is 8.10. The van der Waals surface area contributed by atoms with Crippen molar-refractivity contribution >= 4 is 39.6 Å². The summed E-state index contributed by atoms with van der Waals surface area (Å²) >= 11 is 0. The van der Waals surface area contributed by atoms with Crippen LogP contribution in [0.4, 0.5) is 0 Å². The van der Waals surface area contributed by atoms with Crippen LogP contribution >= 0.6 is 0 Å². The lowest BCUT2D eigenvalue weighted by Crippen LogP contribution is -2.46. The van der Waals surface area contributed by atoms with Crippen molar-refractivity contribution in [2.45, 2.75) is 77.7 Å². The number of phenols is 1. The van der Waals surface area contributed by atoms with Crippen LogP contribution in [0.5, 0.6) is 23.0 Å². The molecular weight excluding hydrogens is 973 g/mol. The van der Waals surface area contributed by atoms with E-state index in [1.54, 1.807) is 24.3 Å². The van der Waals surface area contributed by atoms with Crippen LogP contribution in [0.15, 0.2) is 71.7 Å². The second kappa shape index (κ2) is 24.8. The summed E-state index contributed by atoms with van der Waals surface area (Å²) in [5.74, 6) is -8.09.